The Labute approximate surface area is 93.0 Å². The van der Waals surface area contributed by atoms with Crippen molar-refractivity contribution in [2.45, 2.75) is 52.4 Å². The first-order valence-corrected chi connectivity index (χ1v) is 6.99. The highest BCUT2D eigenvalue weighted by Gasteiger charge is 2.03. The van der Waals surface area contributed by atoms with E-state index < -0.39 is 0 Å². The lowest BCUT2D eigenvalue weighted by Crippen LogP contribution is -2.14. The zero-order valence-corrected chi connectivity index (χ0v) is 12.7. The monoisotopic (exact) mass is 213 g/mol. The van der Waals surface area contributed by atoms with E-state index in [1.807, 2.05) is 0 Å². The standard InChI is InChI=1S/C12H27NSi/c1-5-7-9-11(13(3)4)12(14)10-8-6-2/h5-10H2,1-4,14H3. The molecular formula is C12H27NSi. The van der Waals surface area contributed by atoms with E-state index in [0.29, 0.717) is 0 Å². The lowest BCUT2D eigenvalue weighted by atomic mass is 10.1. The number of hydrogen-bond donors (Lipinski definition) is 0. The van der Waals surface area contributed by atoms with Crippen LogP contribution in [-0.2, 0) is 0 Å². The fourth-order valence-electron chi connectivity index (χ4n) is 1.75. The summed E-state index contributed by atoms with van der Waals surface area (Å²) in [5.74, 6) is 0. The molecule has 0 radical (unpaired) electrons. The van der Waals surface area contributed by atoms with E-state index in [2.05, 4.69) is 32.8 Å². The van der Waals surface area contributed by atoms with Gasteiger partial charge in [-0.15, -0.1) is 0 Å². The Kier molecular flexibility index (Phi) is 7.96. The molecule has 0 aliphatic heterocycles. The summed E-state index contributed by atoms with van der Waals surface area (Å²) in [7, 11) is 5.62. The Morgan fingerprint density at radius 3 is 1.93 bits per heavy atom. The predicted molar refractivity (Wildman–Crippen MR) is 69.7 cm³/mol. The molecule has 0 aromatic carbocycles. The van der Waals surface area contributed by atoms with Crippen molar-refractivity contribution in [3.8, 4) is 0 Å². The molecule has 0 aliphatic carbocycles. The topological polar surface area (TPSA) is 3.24 Å². The molecule has 0 unspecified atom stereocenters. The third-order valence-corrected chi connectivity index (χ3v) is 3.78. The van der Waals surface area contributed by atoms with Crippen LogP contribution in [0.25, 0.3) is 0 Å². The Hall–Kier alpha value is -0.243. The quantitative estimate of drug-likeness (QED) is 0.587. The first kappa shape index (κ1) is 13.8. The molecule has 0 fully saturated rings. The number of hydrogen-bond acceptors (Lipinski definition) is 1. The second kappa shape index (κ2) is 8.10. The molecule has 0 bridgehead atoms. The Balaban J connectivity index is 4.26. The van der Waals surface area contributed by atoms with Gasteiger partial charge in [-0.3, -0.25) is 0 Å². The summed E-state index contributed by atoms with van der Waals surface area (Å²) in [6, 6.07) is 0. The van der Waals surface area contributed by atoms with Crippen LogP contribution in [0.4, 0.5) is 0 Å². The normalized spacial score (nSPS) is 12.9. The summed E-state index contributed by atoms with van der Waals surface area (Å²) < 4.78 is 0. The number of allylic oxidation sites excluding steroid dienone is 2. The second-order valence-electron chi connectivity index (χ2n) is 4.33. The second-order valence-corrected chi connectivity index (χ2v) is 5.54. The van der Waals surface area contributed by atoms with Crippen molar-refractivity contribution >= 4 is 10.2 Å². The fourth-order valence-corrected chi connectivity index (χ4v) is 2.80. The Morgan fingerprint density at radius 2 is 1.50 bits per heavy atom. The van der Waals surface area contributed by atoms with Gasteiger partial charge in [-0.25, -0.2) is 0 Å². The van der Waals surface area contributed by atoms with Crippen LogP contribution < -0.4 is 0 Å². The van der Waals surface area contributed by atoms with E-state index in [1.165, 1.54) is 48.8 Å². The highest BCUT2D eigenvalue weighted by Crippen LogP contribution is 2.17. The van der Waals surface area contributed by atoms with Gasteiger partial charge in [0.15, 0.2) is 0 Å². The van der Waals surface area contributed by atoms with Gasteiger partial charge in [0.2, 0.25) is 0 Å². The largest absolute Gasteiger partial charge is 0.381 e. The molecule has 14 heavy (non-hydrogen) atoms. The lowest BCUT2D eigenvalue weighted by Gasteiger charge is -2.21. The highest BCUT2D eigenvalue weighted by molar-refractivity contribution is 6.21. The van der Waals surface area contributed by atoms with Crippen LogP contribution in [-0.4, -0.2) is 29.2 Å². The van der Waals surface area contributed by atoms with Gasteiger partial charge >= 0.3 is 0 Å². The van der Waals surface area contributed by atoms with Crippen LogP contribution in [0.3, 0.4) is 0 Å². The molecule has 84 valence electrons. The van der Waals surface area contributed by atoms with Crippen molar-refractivity contribution in [3.63, 3.8) is 0 Å². The van der Waals surface area contributed by atoms with Gasteiger partial charge in [0.25, 0.3) is 0 Å². The number of unbranched alkanes of at least 4 members (excludes halogenated alkanes) is 2. The smallest absolute Gasteiger partial charge is 0.0355 e. The summed E-state index contributed by atoms with van der Waals surface area (Å²) in [4.78, 5) is 2.33. The average molecular weight is 213 g/mol. The number of nitrogens with zero attached hydrogens (tertiary/aromatic N) is 1. The van der Waals surface area contributed by atoms with Crippen molar-refractivity contribution in [1.82, 2.24) is 4.90 Å². The van der Waals surface area contributed by atoms with E-state index in [-0.39, 0.29) is 0 Å². The molecule has 0 saturated heterocycles. The maximum absolute atomic E-state index is 2.33. The van der Waals surface area contributed by atoms with Gasteiger partial charge in [0.05, 0.1) is 0 Å². The number of rotatable bonds is 7. The molecule has 0 saturated carbocycles. The van der Waals surface area contributed by atoms with E-state index in [4.69, 9.17) is 0 Å². The van der Waals surface area contributed by atoms with Crippen molar-refractivity contribution in [2.24, 2.45) is 0 Å². The molecule has 2 heteroatoms. The summed E-state index contributed by atoms with van der Waals surface area (Å²) >= 11 is 0. The first-order chi connectivity index (χ1) is 6.63. The zero-order valence-electron chi connectivity index (χ0n) is 10.7. The van der Waals surface area contributed by atoms with Crippen LogP contribution in [0.5, 0.6) is 0 Å². The van der Waals surface area contributed by atoms with Gasteiger partial charge in [-0.1, -0.05) is 38.3 Å². The summed E-state index contributed by atoms with van der Waals surface area (Å²) in [6.07, 6.45) is 7.94. The summed E-state index contributed by atoms with van der Waals surface area (Å²) in [5, 5.41) is 1.73. The molecule has 0 aliphatic rings. The van der Waals surface area contributed by atoms with Crippen molar-refractivity contribution in [3.05, 3.63) is 10.9 Å². The van der Waals surface area contributed by atoms with Crippen LogP contribution in [0.15, 0.2) is 10.9 Å². The van der Waals surface area contributed by atoms with Crippen LogP contribution >= 0.6 is 0 Å². The third kappa shape index (κ3) is 5.48. The summed E-state index contributed by atoms with van der Waals surface area (Å²) in [5.41, 5.74) is 1.62. The van der Waals surface area contributed by atoms with Crippen molar-refractivity contribution in [2.75, 3.05) is 14.1 Å². The molecule has 0 aromatic heterocycles. The van der Waals surface area contributed by atoms with Crippen molar-refractivity contribution in [1.29, 1.82) is 0 Å². The van der Waals surface area contributed by atoms with Crippen LogP contribution in [0, 0.1) is 0 Å². The van der Waals surface area contributed by atoms with Crippen LogP contribution in [0.1, 0.15) is 52.4 Å². The molecular weight excluding hydrogens is 186 g/mol. The molecule has 0 amide bonds. The molecule has 0 spiro atoms. The molecule has 0 heterocycles. The van der Waals surface area contributed by atoms with Gasteiger partial charge in [-0.05, 0) is 19.3 Å². The van der Waals surface area contributed by atoms with Crippen LogP contribution in [0.2, 0.25) is 0 Å². The van der Waals surface area contributed by atoms with E-state index in [1.54, 1.807) is 10.9 Å². The van der Waals surface area contributed by atoms with Gasteiger partial charge < -0.3 is 4.90 Å². The minimum atomic E-state index is 1.24. The lowest BCUT2D eigenvalue weighted by molar-refractivity contribution is 0.472. The van der Waals surface area contributed by atoms with Gasteiger partial charge in [-0.2, -0.15) is 0 Å². The Morgan fingerprint density at radius 1 is 1.00 bits per heavy atom. The fraction of sp³-hybridized carbons (Fsp3) is 0.833. The van der Waals surface area contributed by atoms with Gasteiger partial charge in [0, 0.05) is 30.0 Å². The van der Waals surface area contributed by atoms with E-state index >= 15 is 0 Å². The highest BCUT2D eigenvalue weighted by atomic mass is 28.1. The maximum Gasteiger partial charge on any atom is 0.0355 e. The average Bonchev–Trinajstić information content (AvgIpc) is 2.14. The van der Waals surface area contributed by atoms with Gasteiger partial charge in [0.1, 0.15) is 0 Å². The summed E-state index contributed by atoms with van der Waals surface area (Å²) in [6.45, 7) is 4.54. The minimum absolute atomic E-state index is 1.24. The zero-order chi connectivity index (χ0) is 11.0. The van der Waals surface area contributed by atoms with E-state index in [0.717, 1.165) is 0 Å². The molecule has 0 N–H and O–H groups in total. The van der Waals surface area contributed by atoms with Crippen molar-refractivity contribution < 1.29 is 0 Å². The predicted octanol–water partition coefficient (Wildman–Crippen LogP) is 2.51. The maximum atomic E-state index is 2.33. The minimum Gasteiger partial charge on any atom is -0.381 e. The molecule has 0 rings (SSSR count). The molecule has 0 atom stereocenters. The third-order valence-electron chi connectivity index (χ3n) is 2.70. The molecule has 1 nitrogen and oxygen atoms in total. The molecule has 0 aromatic rings. The first-order valence-electron chi connectivity index (χ1n) is 5.99. The Bertz CT molecular complexity index is 173. The van der Waals surface area contributed by atoms with E-state index in [9.17, 15) is 0 Å². The SMILES string of the molecule is CCCCC([SiH3])=C(CCCC)N(C)C.